The second-order valence-corrected chi connectivity index (χ2v) is 9.41. The molecule has 0 bridgehead atoms. The minimum atomic E-state index is -3.31. The summed E-state index contributed by atoms with van der Waals surface area (Å²) in [6.45, 7) is 3.34. The summed E-state index contributed by atoms with van der Waals surface area (Å²) < 4.78 is 35.5. The molecule has 27 heavy (non-hydrogen) atoms. The van der Waals surface area contributed by atoms with Gasteiger partial charge in [0.25, 0.3) is 0 Å². The van der Waals surface area contributed by atoms with Gasteiger partial charge in [-0.1, -0.05) is 0 Å². The molecule has 2 heterocycles. The third-order valence-electron chi connectivity index (χ3n) is 5.27. The zero-order valence-electron chi connectivity index (χ0n) is 15.9. The molecule has 0 spiro atoms. The molecule has 2 aliphatic rings. The minimum absolute atomic E-state index is 0.0758. The van der Waals surface area contributed by atoms with Crippen LogP contribution in [-0.4, -0.2) is 56.0 Å². The van der Waals surface area contributed by atoms with Crippen LogP contribution in [0.3, 0.4) is 0 Å². The van der Waals surface area contributed by atoms with Gasteiger partial charge >= 0.3 is 0 Å². The number of rotatable bonds is 5. The minimum Gasteiger partial charge on any atom is -0.489 e. The maximum Gasteiger partial charge on any atom is 0.192 e. The van der Waals surface area contributed by atoms with E-state index in [1.54, 1.807) is 17.9 Å². The van der Waals surface area contributed by atoms with Crippen molar-refractivity contribution in [1.29, 1.82) is 5.26 Å². The normalized spacial score (nSPS) is 24.4. The Morgan fingerprint density at radius 1 is 1.07 bits per heavy atom. The predicted octanol–water partition coefficient (Wildman–Crippen LogP) is 2.45. The van der Waals surface area contributed by atoms with Crippen LogP contribution in [0.4, 0.5) is 0 Å². The number of aryl methyl sites for hydroxylation is 1. The maximum atomic E-state index is 11.6. The number of pyridine rings is 1. The van der Waals surface area contributed by atoms with Crippen molar-refractivity contribution in [2.75, 3.05) is 19.3 Å². The summed E-state index contributed by atoms with van der Waals surface area (Å²) >= 11 is 0. The first-order chi connectivity index (χ1) is 12.8. The van der Waals surface area contributed by atoms with Crippen molar-refractivity contribution in [3.05, 3.63) is 17.8 Å². The fraction of sp³-hybridized carbons (Fsp3) is 0.684. The van der Waals surface area contributed by atoms with Crippen LogP contribution in [0.25, 0.3) is 0 Å². The monoisotopic (exact) mass is 393 g/mol. The predicted molar refractivity (Wildman–Crippen MR) is 100 cm³/mol. The molecule has 0 atom stereocenters. The molecule has 1 aromatic heterocycles. The molecule has 0 amide bonds. The van der Waals surface area contributed by atoms with Gasteiger partial charge < -0.3 is 14.4 Å². The molecular formula is C19H27N3O4S. The lowest BCUT2D eigenvalue weighted by Gasteiger charge is -2.34. The SMILES string of the molecule is Cc1nc(S(C)(=O)=O)ccc1O[C@H]1CC[C@H](OC2CCN(C#N)CC2)CC1. The van der Waals surface area contributed by atoms with Crippen LogP contribution >= 0.6 is 0 Å². The number of ether oxygens (including phenoxy) is 2. The Kier molecular flexibility index (Phi) is 6.22. The Morgan fingerprint density at radius 3 is 2.22 bits per heavy atom. The van der Waals surface area contributed by atoms with Gasteiger partial charge in [0.05, 0.1) is 24.0 Å². The summed E-state index contributed by atoms with van der Waals surface area (Å²) in [5, 5.41) is 8.99. The second kappa shape index (κ2) is 8.44. The number of sulfone groups is 1. The quantitative estimate of drug-likeness (QED) is 0.709. The number of hydrogen-bond acceptors (Lipinski definition) is 7. The largest absolute Gasteiger partial charge is 0.489 e. The molecule has 1 saturated carbocycles. The highest BCUT2D eigenvalue weighted by molar-refractivity contribution is 7.90. The number of nitriles is 1. The van der Waals surface area contributed by atoms with Crippen molar-refractivity contribution < 1.29 is 17.9 Å². The zero-order chi connectivity index (χ0) is 19.4. The van der Waals surface area contributed by atoms with Gasteiger partial charge in [0, 0.05) is 19.3 Å². The van der Waals surface area contributed by atoms with Crippen LogP contribution in [0, 0.1) is 18.4 Å². The average Bonchev–Trinajstić information content (AvgIpc) is 2.65. The van der Waals surface area contributed by atoms with E-state index < -0.39 is 9.84 Å². The van der Waals surface area contributed by atoms with Crippen LogP contribution in [-0.2, 0) is 14.6 Å². The van der Waals surface area contributed by atoms with Gasteiger partial charge in [0.1, 0.15) is 5.75 Å². The fourth-order valence-corrected chi connectivity index (χ4v) is 4.30. The van der Waals surface area contributed by atoms with Gasteiger partial charge in [-0.15, -0.1) is 0 Å². The maximum absolute atomic E-state index is 11.6. The lowest BCUT2D eigenvalue weighted by molar-refractivity contribution is -0.0622. The van der Waals surface area contributed by atoms with Crippen molar-refractivity contribution in [2.24, 2.45) is 0 Å². The molecule has 8 heteroatoms. The topological polar surface area (TPSA) is 92.5 Å². The van der Waals surface area contributed by atoms with E-state index >= 15 is 0 Å². The van der Waals surface area contributed by atoms with Gasteiger partial charge in [0.15, 0.2) is 21.1 Å². The molecule has 148 valence electrons. The molecule has 0 unspecified atom stereocenters. The Balaban J connectivity index is 1.47. The fourth-order valence-electron chi connectivity index (χ4n) is 3.69. The van der Waals surface area contributed by atoms with E-state index in [9.17, 15) is 8.42 Å². The van der Waals surface area contributed by atoms with Crippen molar-refractivity contribution in [2.45, 2.75) is 68.8 Å². The van der Waals surface area contributed by atoms with E-state index in [-0.39, 0.29) is 23.3 Å². The Hall–Kier alpha value is -1.85. The molecule has 2 fully saturated rings. The summed E-state index contributed by atoms with van der Waals surface area (Å²) in [4.78, 5) is 5.94. The smallest absolute Gasteiger partial charge is 0.192 e. The van der Waals surface area contributed by atoms with Crippen LogP contribution in [0.5, 0.6) is 5.75 Å². The molecule has 7 nitrogen and oxygen atoms in total. The van der Waals surface area contributed by atoms with E-state index in [0.29, 0.717) is 11.4 Å². The highest BCUT2D eigenvalue weighted by Gasteiger charge is 2.27. The highest BCUT2D eigenvalue weighted by Crippen LogP contribution is 2.29. The molecule has 0 radical (unpaired) electrons. The lowest BCUT2D eigenvalue weighted by atomic mass is 9.94. The van der Waals surface area contributed by atoms with E-state index in [2.05, 4.69) is 11.2 Å². The lowest BCUT2D eigenvalue weighted by Crippen LogP contribution is -2.37. The molecule has 1 aliphatic carbocycles. The van der Waals surface area contributed by atoms with Crippen molar-refractivity contribution in [3.8, 4) is 11.9 Å². The first kappa shape index (κ1) is 19.9. The Labute approximate surface area is 161 Å². The molecule has 1 saturated heterocycles. The van der Waals surface area contributed by atoms with E-state index in [4.69, 9.17) is 14.7 Å². The van der Waals surface area contributed by atoms with Gasteiger partial charge in [0.2, 0.25) is 0 Å². The van der Waals surface area contributed by atoms with E-state index in [1.807, 2.05) is 0 Å². The number of piperidine rings is 1. The number of hydrogen-bond donors (Lipinski definition) is 0. The highest BCUT2D eigenvalue weighted by atomic mass is 32.2. The third-order valence-corrected chi connectivity index (χ3v) is 6.26. The average molecular weight is 394 g/mol. The second-order valence-electron chi connectivity index (χ2n) is 7.44. The Bertz CT molecular complexity index is 790. The molecular weight excluding hydrogens is 366 g/mol. The summed E-state index contributed by atoms with van der Waals surface area (Å²) in [6, 6.07) is 3.20. The van der Waals surface area contributed by atoms with Crippen LogP contribution < -0.4 is 4.74 Å². The van der Waals surface area contributed by atoms with Gasteiger partial charge in [-0.05, 0) is 57.6 Å². The van der Waals surface area contributed by atoms with Crippen LogP contribution in [0.2, 0.25) is 0 Å². The van der Waals surface area contributed by atoms with Crippen LogP contribution in [0.1, 0.15) is 44.2 Å². The van der Waals surface area contributed by atoms with Crippen molar-refractivity contribution in [3.63, 3.8) is 0 Å². The zero-order valence-corrected chi connectivity index (χ0v) is 16.7. The van der Waals surface area contributed by atoms with Gasteiger partial charge in [-0.3, -0.25) is 0 Å². The molecule has 1 aliphatic heterocycles. The summed E-state index contributed by atoms with van der Waals surface area (Å²) in [6.07, 6.45) is 9.54. The first-order valence-electron chi connectivity index (χ1n) is 9.49. The van der Waals surface area contributed by atoms with E-state index in [1.165, 1.54) is 6.07 Å². The first-order valence-corrected chi connectivity index (χ1v) is 11.4. The van der Waals surface area contributed by atoms with Crippen molar-refractivity contribution >= 4 is 9.84 Å². The van der Waals surface area contributed by atoms with Gasteiger partial charge in [-0.2, -0.15) is 5.26 Å². The summed E-state index contributed by atoms with van der Waals surface area (Å²) in [5.74, 6) is 0.649. The van der Waals surface area contributed by atoms with Crippen LogP contribution in [0.15, 0.2) is 17.2 Å². The molecule has 3 rings (SSSR count). The third kappa shape index (κ3) is 5.33. The van der Waals surface area contributed by atoms with Crippen molar-refractivity contribution in [1.82, 2.24) is 9.88 Å². The van der Waals surface area contributed by atoms with Gasteiger partial charge in [-0.25, -0.2) is 13.4 Å². The molecule has 1 aromatic rings. The standard InChI is InChI=1S/C19H27N3O4S/c1-14-18(7-8-19(21-14)27(2,23)24)26-16-5-3-15(4-6-16)25-17-9-11-22(13-20)12-10-17/h7-8,15-17H,3-6,9-12H2,1-2H3/t15-,16-. The summed E-state index contributed by atoms with van der Waals surface area (Å²) in [7, 11) is -3.31. The Morgan fingerprint density at radius 2 is 1.67 bits per heavy atom. The number of nitrogens with zero attached hydrogens (tertiary/aromatic N) is 3. The molecule has 0 N–H and O–H groups in total. The summed E-state index contributed by atoms with van der Waals surface area (Å²) in [5.41, 5.74) is 0.598. The number of aromatic nitrogens is 1. The number of likely N-dealkylation sites (tertiary alicyclic amines) is 1. The molecule has 0 aromatic carbocycles. The van der Waals surface area contributed by atoms with E-state index in [0.717, 1.165) is 57.9 Å².